The maximum Gasteiger partial charge on any atom is 0.243 e. The second kappa shape index (κ2) is 11.7. The average molecular weight is 542 g/mol. The van der Waals surface area contributed by atoms with Crippen LogP contribution < -0.4 is 9.62 Å². The first-order chi connectivity index (χ1) is 16.5. The molecule has 0 unspecified atom stereocenters. The first-order valence-electron chi connectivity index (χ1n) is 11.6. The highest BCUT2D eigenvalue weighted by Gasteiger charge is 2.25. The fourth-order valence-corrected chi connectivity index (χ4v) is 6.78. The fourth-order valence-electron chi connectivity index (χ4n) is 4.08. The molecular weight excluding hydrogens is 510 g/mol. The molecule has 0 aliphatic carbocycles. The summed E-state index contributed by atoms with van der Waals surface area (Å²) >= 11 is 6.15. The molecule has 1 saturated heterocycles. The first-order valence-corrected chi connectivity index (χ1v) is 15.3. The first kappa shape index (κ1) is 27.4. The van der Waals surface area contributed by atoms with Crippen LogP contribution in [-0.4, -0.2) is 52.9 Å². The van der Waals surface area contributed by atoms with Gasteiger partial charge in [-0.2, -0.15) is 4.31 Å². The zero-order valence-corrected chi connectivity index (χ0v) is 22.4. The van der Waals surface area contributed by atoms with Gasteiger partial charge in [-0.05, 0) is 68.1 Å². The summed E-state index contributed by atoms with van der Waals surface area (Å²) in [5.74, 6) is -0.288. The van der Waals surface area contributed by atoms with Gasteiger partial charge in [0.1, 0.15) is 0 Å². The Kier molecular flexibility index (Phi) is 9.20. The van der Waals surface area contributed by atoms with E-state index in [0.717, 1.165) is 31.9 Å². The minimum absolute atomic E-state index is 0.0967. The van der Waals surface area contributed by atoms with E-state index >= 15 is 0 Å². The molecule has 0 bridgehead atoms. The van der Waals surface area contributed by atoms with Crippen LogP contribution in [0.3, 0.4) is 0 Å². The van der Waals surface area contributed by atoms with E-state index in [4.69, 9.17) is 11.6 Å². The number of hydrogen-bond acceptors (Lipinski definition) is 5. The zero-order chi connectivity index (χ0) is 25.6. The third kappa shape index (κ3) is 7.19. The molecule has 0 spiro atoms. The lowest BCUT2D eigenvalue weighted by atomic mass is 10.2. The predicted molar refractivity (Wildman–Crippen MR) is 140 cm³/mol. The highest BCUT2D eigenvalue weighted by atomic mass is 35.5. The van der Waals surface area contributed by atoms with Crippen LogP contribution in [0.5, 0.6) is 0 Å². The third-order valence-corrected chi connectivity index (χ3v) is 9.52. The maximum atomic E-state index is 12.9. The van der Waals surface area contributed by atoms with Gasteiger partial charge in [0.2, 0.25) is 26.0 Å². The molecule has 2 aromatic carbocycles. The summed E-state index contributed by atoms with van der Waals surface area (Å²) in [6, 6.07) is 11.2. The van der Waals surface area contributed by atoms with Crippen molar-refractivity contribution in [1.82, 2.24) is 4.31 Å². The van der Waals surface area contributed by atoms with Crippen molar-refractivity contribution in [3.63, 3.8) is 0 Å². The van der Waals surface area contributed by atoms with Crippen molar-refractivity contribution >= 4 is 48.9 Å². The van der Waals surface area contributed by atoms with Gasteiger partial charge >= 0.3 is 0 Å². The second-order valence-electron chi connectivity index (χ2n) is 8.71. The number of carbonyl (C=O) groups is 1. The zero-order valence-electron chi connectivity index (χ0n) is 20.0. The number of rotatable bonds is 9. The van der Waals surface area contributed by atoms with E-state index in [1.807, 2.05) is 0 Å². The molecule has 0 radical (unpaired) electrons. The lowest BCUT2D eigenvalue weighted by Crippen LogP contribution is -2.32. The van der Waals surface area contributed by atoms with Gasteiger partial charge in [-0.3, -0.25) is 9.10 Å². The molecule has 192 valence electrons. The summed E-state index contributed by atoms with van der Waals surface area (Å²) in [6.45, 7) is 2.93. The smallest absolute Gasteiger partial charge is 0.243 e. The van der Waals surface area contributed by atoms with E-state index in [-0.39, 0.29) is 23.8 Å². The standard InChI is InChI=1S/C24H32ClN3O5S2/c1-19-22(25)9-7-10-23(19)28(34(2,30)31)18-8-11-24(29)26-20-12-14-21(15-13-20)35(32,33)27-16-5-3-4-6-17-27/h7,9-10,12-15H,3-6,8,11,16-18H2,1-2H3,(H,26,29). The van der Waals surface area contributed by atoms with Gasteiger partial charge in [-0.15, -0.1) is 0 Å². The number of nitrogens with zero attached hydrogens (tertiary/aromatic N) is 2. The second-order valence-corrected chi connectivity index (χ2v) is 13.0. The Morgan fingerprint density at radius 3 is 2.23 bits per heavy atom. The van der Waals surface area contributed by atoms with E-state index in [1.165, 1.54) is 20.7 Å². The molecule has 3 rings (SSSR count). The lowest BCUT2D eigenvalue weighted by Gasteiger charge is -2.24. The van der Waals surface area contributed by atoms with Crippen molar-refractivity contribution in [1.29, 1.82) is 0 Å². The molecule has 1 fully saturated rings. The molecule has 1 N–H and O–H groups in total. The summed E-state index contributed by atoms with van der Waals surface area (Å²) in [4.78, 5) is 12.6. The Hall–Kier alpha value is -2.14. The molecule has 1 aliphatic heterocycles. The van der Waals surface area contributed by atoms with Crippen LogP contribution in [0.25, 0.3) is 0 Å². The summed E-state index contributed by atoms with van der Waals surface area (Å²) in [5, 5.41) is 3.21. The highest BCUT2D eigenvalue weighted by Crippen LogP contribution is 2.28. The normalized spacial score (nSPS) is 15.4. The van der Waals surface area contributed by atoms with Crippen LogP contribution in [0.15, 0.2) is 47.4 Å². The molecule has 0 saturated carbocycles. The van der Waals surface area contributed by atoms with E-state index in [1.54, 1.807) is 37.3 Å². The largest absolute Gasteiger partial charge is 0.326 e. The number of carbonyl (C=O) groups excluding carboxylic acids is 1. The topological polar surface area (TPSA) is 104 Å². The van der Waals surface area contributed by atoms with Crippen molar-refractivity contribution < 1.29 is 21.6 Å². The molecule has 35 heavy (non-hydrogen) atoms. The number of halogens is 1. The number of amides is 1. The molecule has 8 nitrogen and oxygen atoms in total. The quantitative estimate of drug-likeness (QED) is 0.507. The van der Waals surface area contributed by atoms with Gasteiger partial charge in [-0.1, -0.05) is 30.5 Å². The maximum absolute atomic E-state index is 12.9. The van der Waals surface area contributed by atoms with E-state index in [0.29, 0.717) is 41.5 Å². The molecule has 2 aromatic rings. The van der Waals surface area contributed by atoms with Crippen LogP contribution in [0.2, 0.25) is 5.02 Å². The Bertz CT molecular complexity index is 1240. The van der Waals surface area contributed by atoms with E-state index < -0.39 is 20.0 Å². The van der Waals surface area contributed by atoms with Crippen molar-refractivity contribution in [2.24, 2.45) is 0 Å². The lowest BCUT2D eigenvalue weighted by molar-refractivity contribution is -0.116. The van der Waals surface area contributed by atoms with Crippen LogP contribution in [0, 0.1) is 6.92 Å². The predicted octanol–water partition coefficient (Wildman–Crippen LogP) is 4.40. The number of benzene rings is 2. The number of nitrogens with one attached hydrogen (secondary N) is 1. The van der Waals surface area contributed by atoms with Gasteiger partial charge in [0.05, 0.1) is 16.8 Å². The molecule has 1 heterocycles. The summed E-state index contributed by atoms with van der Waals surface area (Å²) in [7, 11) is -7.11. The SMILES string of the molecule is Cc1c(Cl)cccc1N(CCCC(=O)Nc1ccc(S(=O)(=O)N2CCCCCC2)cc1)S(C)(=O)=O. The van der Waals surface area contributed by atoms with E-state index in [2.05, 4.69) is 5.32 Å². The molecule has 0 atom stereocenters. The van der Waals surface area contributed by atoms with Gasteiger partial charge < -0.3 is 5.32 Å². The molecule has 1 aliphatic rings. The van der Waals surface area contributed by atoms with Crippen molar-refractivity contribution in [3.8, 4) is 0 Å². The highest BCUT2D eigenvalue weighted by molar-refractivity contribution is 7.92. The molecular formula is C24H32ClN3O5S2. The van der Waals surface area contributed by atoms with Crippen molar-refractivity contribution in [3.05, 3.63) is 53.1 Å². The monoisotopic (exact) mass is 541 g/mol. The summed E-state index contributed by atoms with van der Waals surface area (Å²) in [6.07, 6.45) is 5.32. The molecule has 1 amide bonds. The Morgan fingerprint density at radius 1 is 1.00 bits per heavy atom. The van der Waals surface area contributed by atoms with Gasteiger partial charge in [-0.25, -0.2) is 16.8 Å². The Balaban J connectivity index is 1.59. The minimum atomic E-state index is -3.56. The Morgan fingerprint density at radius 2 is 1.63 bits per heavy atom. The number of sulfonamides is 2. The number of anilines is 2. The van der Waals surface area contributed by atoms with Gasteiger partial charge in [0, 0.05) is 36.8 Å². The molecule has 11 heteroatoms. The van der Waals surface area contributed by atoms with E-state index in [9.17, 15) is 21.6 Å². The molecule has 0 aromatic heterocycles. The Labute approximate surface area is 213 Å². The van der Waals surface area contributed by atoms with Crippen LogP contribution in [0.4, 0.5) is 11.4 Å². The minimum Gasteiger partial charge on any atom is -0.326 e. The van der Waals surface area contributed by atoms with Crippen LogP contribution in [0.1, 0.15) is 44.1 Å². The summed E-state index contributed by atoms with van der Waals surface area (Å²) < 4.78 is 53.3. The van der Waals surface area contributed by atoms with Gasteiger partial charge in [0.15, 0.2) is 0 Å². The van der Waals surface area contributed by atoms with Gasteiger partial charge in [0.25, 0.3) is 0 Å². The van der Waals surface area contributed by atoms with Crippen LogP contribution in [-0.2, 0) is 24.8 Å². The van der Waals surface area contributed by atoms with Crippen LogP contribution >= 0.6 is 11.6 Å². The average Bonchev–Trinajstić information content (AvgIpc) is 3.09. The van der Waals surface area contributed by atoms with Crippen molar-refractivity contribution in [2.75, 3.05) is 35.5 Å². The fraction of sp³-hybridized carbons (Fsp3) is 0.458. The third-order valence-electron chi connectivity index (χ3n) is 6.01. The number of hydrogen-bond donors (Lipinski definition) is 1. The summed E-state index contributed by atoms with van der Waals surface area (Å²) in [5.41, 5.74) is 1.62. The van der Waals surface area contributed by atoms with Crippen molar-refractivity contribution in [2.45, 2.75) is 50.3 Å².